The van der Waals surface area contributed by atoms with Crippen molar-refractivity contribution in [3.8, 4) is 17.1 Å². The molecule has 124 valence electrons. The van der Waals surface area contributed by atoms with Gasteiger partial charge in [0.2, 0.25) is 5.89 Å². The van der Waals surface area contributed by atoms with Crippen LogP contribution in [0.25, 0.3) is 28.0 Å². The van der Waals surface area contributed by atoms with Crippen molar-refractivity contribution in [3.63, 3.8) is 0 Å². The van der Waals surface area contributed by atoms with Gasteiger partial charge in [0.05, 0.1) is 11.2 Å². The highest BCUT2D eigenvalue weighted by molar-refractivity contribution is 6.31. The van der Waals surface area contributed by atoms with Crippen molar-refractivity contribution in [2.75, 3.05) is 5.73 Å². The van der Waals surface area contributed by atoms with Crippen LogP contribution < -0.4 is 11.3 Å². The van der Waals surface area contributed by atoms with Crippen molar-refractivity contribution in [2.45, 2.75) is 6.92 Å². The third-order valence-electron chi connectivity index (χ3n) is 3.93. The van der Waals surface area contributed by atoms with Gasteiger partial charge < -0.3 is 10.2 Å². The van der Waals surface area contributed by atoms with Crippen molar-refractivity contribution in [3.05, 3.63) is 69.8 Å². The van der Waals surface area contributed by atoms with E-state index in [2.05, 4.69) is 10.2 Å². The molecule has 2 heterocycles. The Kier molecular flexibility index (Phi) is 3.54. The highest BCUT2D eigenvalue weighted by atomic mass is 35.5. The van der Waals surface area contributed by atoms with E-state index in [1.807, 2.05) is 30.3 Å². The van der Waals surface area contributed by atoms with Crippen LogP contribution in [0.3, 0.4) is 0 Å². The van der Waals surface area contributed by atoms with Gasteiger partial charge in [0, 0.05) is 23.0 Å². The summed E-state index contributed by atoms with van der Waals surface area (Å²) in [6.07, 6.45) is 0. The molecule has 0 bridgehead atoms. The molecule has 4 rings (SSSR count). The molecule has 4 aromatic rings. The van der Waals surface area contributed by atoms with Crippen LogP contribution >= 0.6 is 11.6 Å². The molecular formula is C18H13ClN4O2. The second-order valence-electron chi connectivity index (χ2n) is 5.55. The average Bonchev–Trinajstić information content (AvgIpc) is 3.02. The predicted octanol–water partition coefficient (Wildman–Crippen LogP) is 3.58. The minimum absolute atomic E-state index is 0.0986. The van der Waals surface area contributed by atoms with Crippen molar-refractivity contribution in [2.24, 2.45) is 0 Å². The molecule has 0 radical (unpaired) electrons. The van der Waals surface area contributed by atoms with Gasteiger partial charge in [-0.1, -0.05) is 29.8 Å². The van der Waals surface area contributed by atoms with Crippen molar-refractivity contribution >= 4 is 28.2 Å². The number of benzene rings is 2. The minimum Gasteiger partial charge on any atom is -0.421 e. The summed E-state index contributed by atoms with van der Waals surface area (Å²) >= 11 is 6.15. The summed E-state index contributed by atoms with van der Waals surface area (Å²) in [7, 11) is 0. The molecular weight excluding hydrogens is 340 g/mol. The van der Waals surface area contributed by atoms with E-state index in [9.17, 15) is 4.79 Å². The molecule has 2 N–H and O–H groups in total. The fourth-order valence-electron chi connectivity index (χ4n) is 2.83. The number of rotatable bonds is 2. The van der Waals surface area contributed by atoms with Crippen LogP contribution in [0.2, 0.25) is 5.02 Å². The number of aromatic nitrogens is 3. The maximum atomic E-state index is 13.2. The fourth-order valence-corrected chi connectivity index (χ4v) is 2.99. The van der Waals surface area contributed by atoms with Gasteiger partial charge in [-0.05, 0) is 30.3 Å². The molecule has 2 aromatic heterocycles. The van der Waals surface area contributed by atoms with Gasteiger partial charge in [-0.15, -0.1) is 10.2 Å². The Morgan fingerprint density at radius 2 is 1.88 bits per heavy atom. The number of pyridine rings is 1. The van der Waals surface area contributed by atoms with Crippen LogP contribution in [0.5, 0.6) is 0 Å². The van der Waals surface area contributed by atoms with Crippen molar-refractivity contribution in [1.29, 1.82) is 0 Å². The Bertz CT molecular complexity index is 1150. The Morgan fingerprint density at radius 1 is 1.12 bits per heavy atom. The van der Waals surface area contributed by atoms with E-state index in [0.29, 0.717) is 27.5 Å². The zero-order chi connectivity index (χ0) is 17.6. The minimum atomic E-state index is -0.345. The fraction of sp³-hybridized carbons (Fsp3) is 0.0556. The van der Waals surface area contributed by atoms with Gasteiger partial charge in [0.1, 0.15) is 5.56 Å². The number of hydrogen-bond acceptors (Lipinski definition) is 5. The number of halogens is 1. The standard InChI is InChI=1S/C18H13ClN4O2/c1-10-21-22-17(25-10)15-16(20)13-8-7-11(19)9-14(13)23(18(15)24)12-5-3-2-4-6-12/h2-9H,20H2,1H3. The number of hydrogen-bond donors (Lipinski definition) is 1. The number of nitrogens with two attached hydrogens (primary N) is 1. The van der Waals surface area contributed by atoms with Crippen LogP contribution in [0.4, 0.5) is 5.69 Å². The highest BCUT2D eigenvalue weighted by Crippen LogP contribution is 2.31. The second-order valence-corrected chi connectivity index (χ2v) is 5.99. The number of nitrogen functional groups attached to an aromatic ring is 1. The van der Waals surface area contributed by atoms with Gasteiger partial charge in [-0.3, -0.25) is 9.36 Å². The van der Waals surface area contributed by atoms with Crippen LogP contribution in [0, 0.1) is 6.92 Å². The lowest BCUT2D eigenvalue weighted by atomic mass is 10.1. The third-order valence-corrected chi connectivity index (χ3v) is 4.17. The highest BCUT2D eigenvalue weighted by Gasteiger charge is 2.21. The van der Waals surface area contributed by atoms with E-state index in [-0.39, 0.29) is 22.7 Å². The van der Waals surface area contributed by atoms with Crippen LogP contribution in [0.15, 0.2) is 57.7 Å². The van der Waals surface area contributed by atoms with Gasteiger partial charge in [0.25, 0.3) is 11.4 Å². The first-order valence-corrected chi connectivity index (χ1v) is 7.93. The molecule has 0 aliphatic heterocycles. The molecule has 6 nitrogen and oxygen atoms in total. The lowest BCUT2D eigenvalue weighted by Crippen LogP contribution is -2.22. The molecule has 0 atom stereocenters. The molecule has 0 unspecified atom stereocenters. The summed E-state index contributed by atoms with van der Waals surface area (Å²) in [5, 5.41) is 8.95. The van der Waals surface area contributed by atoms with E-state index < -0.39 is 0 Å². The van der Waals surface area contributed by atoms with E-state index in [0.717, 1.165) is 0 Å². The Hall–Kier alpha value is -3.12. The van der Waals surface area contributed by atoms with Crippen LogP contribution in [-0.2, 0) is 0 Å². The number of fused-ring (bicyclic) bond motifs is 1. The third kappa shape index (κ3) is 2.47. The smallest absolute Gasteiger partial charge is 0.270 e. The summed E-state index contributed by atoms with van der Waals surface area (Å²) in [6.45, 7) is 1.66. The molecule has 0 aliphatic rings. The number of anilines is 1. The van der Waals surface area contributed by atoms with Crippen molar-refractivity contribution < 1.29 is 4.42 Å². The Morgan fingerprint density at radius 3 is 2.56 bits per heavy atom. The van der Waals surface area contributed by atoms with Crippen LogP contribution in [0.1, 0.15) is 5.89 Å². The topological polar surface area (TPSA) is 86.9 Å². The summed E-state index contributed by atoms with van der Waals surface area (Å²) in [4.78, 5) is 13.2. The van der Waals surface area contributed by atoms with E-state index >= 15 is 0 Å². The zero-order valence-corrected chi connectivity index (χ0v) is 14.0. The van der Waals surface area contributed by atoms with Gasteiger partial charge >= 0.3 is 0 Å². The summed E-state index contributed by atoms with van der Waals surface area (Å²) in [5.41, 5.74) is 7.70. The van der Waals surface area contributed by atoms with Gasteiger partial charge in [-0.25, -0.2) is 0 Å². The number of para-hydroxylation sites is 1. The summed E-state index contributed by atoms with van der Waals surface area (Å²) in [5.74, 6) is 0.456. The molecule has 7 heteroatoms. The quantitative estimate of drug-likeness (QED) is 0.595. The maximum Gasteiger partial charge on any atom is 0.270 e. The monoisotopic (exact) mass is 352 g/mol. The Labute approximate surface area is 147 Å². The molecule has 25 heavy (non-hydrogen) atoms. The predicted molar refractivity (Wildman–Crippen MR) is 97.0 cm³/mol. The number of nitrogens with zero attached hydrogens (tertiary/aromatic N) is 3. The molecule has 2 aromatic carbocycles. The second kappa shape index (κ2) is 5.75. The maximum absolute atomic E-state index is 13.2. The molecule has 0 spiro atoms. The molecule has 0 fully saturated rings. The van der Waals surface area contributed by atoms with E-state index in [4.69, 9.17) is 21.8 Å². The SMILES string of the molecule is Cc1nnc(-c2c(N)c3ccc(Cl)cc3n(-c3ccccc3)c2=O)o1. The molecule has 0 aliphatic carbocycles. The Balaban J connectivity index is 2.19. The van der Waals surface area contributed by atoms with E-state index in [1.165, 1.54) is 0 Å². The average molecular weight is 353 g/mol. The lowest BCUT2D eigenvalue weighted by Gasteiger charge is -2.14. The van der Waals surface area contributed by atoms with Gasteiger partial charge in [0.15, 0.2) is 0 Å². The summed E-state index contributed by atoms with van der Waals surface area (Å²) < 4.78 is 7.00. The lowest BCUT2D eigenvalue weighted by molar-refractivity contribution is 0.532. The molecule has 0 saturated heterocycles. The van der Waals surface area contributed by atoms with E-state index in [1.54, 1.807) is 29.7 Å². The molecule has 0 amide bonds. The largest absolute Gasteiger partial charge is 0.421 e. The van der Waals surface area contributed by atoms with Gasteiger partial charge in [-0.2, -0.15) is 0 Å². The van der Waals surface area contributed by atoms with Crippen molar-refractivity contribution in [1.82, 2.24) is 14.8 Å². The normalized spacial score (nSPS) is 11.1. The first-order valence-electron chi connectivity index (χ1n) is 7.56. The molecule has 0 saturated carbocycles. The number of aryl methyl sites for hydroxylation is 1. The first-order chi connectivity index (χ1) is 12.1. The zero-order valence-electron chi connectivity index (χ0n) is 13.2. The summed E-state index contributed by atoms with van der Waals surface area (Å²) in [6, 6.07) is 14.5. The van der Waals surface area contributed by atoms with Crippen LogP contribution in [-0.4, -0.2) is 14.8 Å². The first kappa shape index (κ1) is 15.4.